The van der Waals surface area contributed by atoms with Crippen molar-refractivity contribution in [2.75, 3.05) is 0 Å². The van der Waals surface area contributed by atoms with Gasteiger partial charge in [0.25, 0.3) is 0 Å². The smallest absolute Gasteiger partial charge is 0.122 e. The molecule has 3 rings (SSSR count). The first-order valence-electron chi connectivity index (χ1n) is 10.6. The molecule has 0 spiro atoms. The van der Waals surface area contributed by atoms with E-state index in [9.17, 15) is 5.11 Å². The second-order valence-electron chi connectivity index (χ2n) is 8.86. The first kappa shape index (κ1) is 21.9. The van der Waals surface area contributed by atoms with Gasteiger partial charge in [0.05, 0.1) is 0 Å². The molecule has 2 aromatic rings. The average molecular weight is 399 g/mol. The van der Waals surface area contributed by atoms with Crippen LogP contribution in [0.15, 0.2) is 42.2 Å². The molecule has 0 fully saturated rings. The van der Waals surface area contributed by atoms with Crippen molar-refractivity contribution in [1.82, 2.24) is 0 Å². The maximum atomic E-state index is 11.3. The molecule has 0 saturated carbocycles. The largest absolute Gasteiger partial charge is 0.507 e. The Bertz CT molecular complexity index is 1150. The molecule has 1 heteroatoms. The number of aliphatic hydroxyl groups excluding tert-OH is 1. The highest BCUT2D eigenvalue weighted by Crippen LogP contribution is 2.50. The number of rotatable bonds is 2. The zero-order valence-electron chi connectivity index (χ0n) is 20.0. The summed E-state index contributed by atoms with van der Waals surface area (Å²) in [6.07, 6.45) is 0. The normalized spacial score (nSPS) is 14.2. The number of allylic oxidation sites excluding steroid dienone is 5. The van der Waals surface area contributed by atoms with Crippen molar-refractivity contribution in [3.8, 4) is 0 Å². The van der Waals surface area contributed by atoms with Crippen molar-refractivity contribution in [2.24, 2.45) is 0 Å². The number of hydrogen-bond acceptors (Lipinski definition) is 1. The predicted molar refractivity (Wildman–Crippen MR) is 132 cm³/mol. The minimum absolute atomic E-state index is 0.315. The maximum Gasteiger partial charge on any atom is 0.122 e. The van der Waals surface area contributed by atoms with E-state index in [1.165, 1.54) is 50.1 Å². The summed E-state index contributed by atoms with van der Waals surface area (Å²) in [6, 6.07) is 4.23. The summed E-state index contributed by atoms with van der Waals surface area (Å²) in [4.78, 5) is 0. The number of aryl methyl sites for hydroxylation is 1. The number of benzene rings is 2. The third-order valence-corrected chi connectivity index (χ3v) is 7.44. The van der Waals surface area contributed by atoms with Crippen molar-refractivity contribution >= 4 is 16.7 Å². The van der Waals surface area contributed by atoms with Gasteiger partial charge in [-0.15, -0.1) is 0 Å². The number of aliphatic hydroxyl groups is 1. The Kier molecular flexibility index (Phi) is 5.45. The highest BCUT2D eigenvalue weighted by Gasteiger charge is 2.31. The summed E-state index contributed by atoms with van der Waals surface area (Å²) >= 11 is 0. The molecule has 0 amide bonds. The Morgan fingerprint density at radius 3 is 1.60 bits per heavy atom. The lowest BCUT2D eigenvalue weighted by Crippen LogP contribution is -1.98. The molecule has 0 unspecified atom stereocenters. The van der Waals surface area contributed by atoms with Crippen molar-refractivity contribution in [3.63, 3.8) is 0 Å². The summed E-state index contributed by atoms with van der Waals surface area (Å²) in [5.41, 5.74) is 16.9. The molecule has 0 saturated heterocycles. The third kappa shape index (κ3) is 2.99. The van der Waals surface area contributed by atoms with E-state index in [1.807, 2.05) is 13.8 Å². The van der Waals surface area contributed by atoms with Gasteiger partial charge in [-0.25, -0.2) is 0 Å². The molecule has 1 aliphatic rings. The minimum atomic E-state index is 0.315. The van der Waals surface area contributed by atoms with E-state index in [-0.39, 0.29) is 0 Å². The van der Waals surface area contributed by atoms with Gasteiger partial charge in [-0.2, -0.15) is 0 Å². The monoisotopic (exact) mass is 398 g/mol. The van der Waals surface area contributed by atoms with Crippen LogP contribution in [0, 0.1) is 48.5 Å². The van der Waals surface area contributed by atoms with Crippen molar-refractivity contribution < 1.29 is 5.11 Å². The van der Waals surface area contributed by atoms with Crippen LogP contribution in [0.25, 0.3) is 16.7 Å². The molecule has 0 heterocycles. The molecule has 1 aliphatic carbocycles. The zero-order chi connectivity index (χ0) is 22.7. The summed E-state index contributed by atoms with van der Waals surface area (Å²) in [5.74, 6) is 0.315. The van der Waals surface area contributed by atoms with Gasteiger partial charge in [0, 0.05) is 0 Å². The maximum absolute atomic E-state index is 11.3. The van der Waals surface area contributed by atoms with Crippen LogP contribution < -0.4 is 0 Å². The lowest BCUT2D eigenvalue weighted by Gasteiger charge is -2.16. The minimum Gasteiger partial charge on any atom is -0.507 e. The fourth-order valence-corrected chi connectivity index (χ4v) is 4.84. The van der Waals surface area contributed by atoms with Crippen LogP contribution in [0.3, 0.4) is 0 Å². The molecule has 0 aromatic heterocycles. The lowest BCUT2D eigenvalue weighted by molar-refractivity contribution is 0.425. The Morgan fingerprint density at radius 1 is 0.667 bits per heavy atom. The Labute approximate surface area is 182 Å². The second kappa shape index (κ2) is 7.47. The van der Waals surface area contributed by atoms with Crippen LogP contribution in [0.4, 0.5) is 0 Å². The first-order chi connectivity index (χ1) is 13.9. The van der Waals surface area contributed by atoms with Crippen molar-refractivity contribution in [1.29, 1.82) is 0 Å². The second-order valence-corrected chi connectivity index (χ2v) is 8.86. The predicted octanol–water partition coefficient (Wildman–Crippen LogP) is 8.19. The van der Waals surface area contributed by atoms with Crippen molar-refractivity contribution in [2.45, 2.75) is 62.3 Å². The number of fused-ring (bicyclic) bond motifs is 1. The zero-order valence-corrected chi connectivity index (χ0v) is 20.0. The van der Waals surface area contributed by atoms with Gasteiger partial charge in [0.2, 0.25) is 0 Å². The standard InChI is InChI=1S/C29H34O/c1-14-12-13-25(18(5)15(14)2)21(8)29(30)24(11)26-22(9)27-19(6)16(3)17(4)20(7)28(27)23(26)10/h12-13,30H,9-10H2,1-8,11H3/b29-21+. The molecule has 30 heavy (non-hydrogen) atoms. The van der Waals surface area contributed by atoms with Crippen molar-refractivity contribution in [3.05, 3.63) is 97.8 Å². The molecule has 2 aromatic carbocycles. The molecule has 0 radical (unpaired) electrons. The Morgan fingerprint density at radius 2 is 1.13 bits per heavy atom. The van der Waals surface area contributed by atoms with E-state index in [0.717, 1.165) is 33.4 Å². The third-order valence-electron chi connectivity index (χ3n) is 7.44. The van der Waals surface area contributed by atoms with Crippen LogP contribution in [-0.4, -0.2) is 5.11 Å². The van der Waals surface area contributed by atoms with Crippen LogP contribution in [0.1, 0.15) is 69.5 Å². The topological polar surface area (TPSA) is 20.2 Å². The van der Waals surface area contributed by atoms with Gasteiger partial charge in [-0.1, -0.05) is 25.3 Å². The first-order valence-corrected chi connectivity index (χ1v) is 10.6. The van der Waals surface area contributed by atoms with E-state index in [1.54, 1.807) is 0 Å². The fourth-order valence-electron chi connectivity index (χ4n) is 4.84. The highest BCUT2D eigenvalue weighted by molar-refractivity contribution is 6.09. The lowest BCUT2D eigenvalue weighted by atomic mass is 9.89. The van der Waals surface area contributed by atoms with E-state index < -0.39 is 0 Å². The van der Waals surface area contributed by atoms with Gasteiger partial charge in [0.15, 0.2) is 0 Å². The van der Waals surface area contributed by atoms with Crippen LogP contribution in [-0.2, 0) is 0 Å². The van der Waals surface area contributed by atoms with Crippen LogP contribution in [0.5, 0.6) is 0 Å². The summed E-state index contributed by atoms with van der Waals surface area (Å²) in [6.45, 7) is 27.9. The summed E-state index contributed by atoms with van der Waals surface area (Å²) in [7, 11) is 0. The molecule has 0 bridgehead atoms. The molecular weight excluding hydrogens is 364 g/mol. The SMILES string of the molecule is C=C1C(=C(C)/C(O)=C(/C)c2ccc(C)c(C)c2C)C(=C)c2c(C)c(C)c(C)c(C)c21. The van der Waals surface area contributed by atoms with E-state index >= 15 is 0 Å². The van der Waals surface area contributed by atoms with E-state index in [4.69, 9.17) is 0 Å². The van der Waals surface area contributed by atoms with Gasteiger partial charge in [-0.05, 0) is 146 Å². The summed E-state index contributed by atoms with van der Waals surface area (Å²) in [5, 5.41) is 11.3. The van der Waals surface area contributed by atoms with E-state index in [2.05, 4.69) is 73.8 Å². The molecule has 0 aliphatic heterocycles. The van der Waals surface area contributed by atoms with Gasteiger partial charge in [0.1, 0.15) is 5.76 Å². The fraction of sp³-hybridized carbons (Fsp3) is 0.310. The molecule has 0 atom stereocenters. The Hall–Kier alpha value is -2.80. The number of hydrogen-bond donors (Lipinski definition) is 1. The van der Waals surface area contributed by atoms with Crippen LogP contribution >= 0.6 is 0 Å². The average Bonchev–Trinajstić information content (AvgIpc) is 2.97. The Balaban J connectivity index is 2.25. The summed E-state index contributed by atoms with van der Waals surface area (Å²) < 4.78 is 0. The quantitative estimate of drug-likeness (QED) is 0.505. The highest BCUT2D eigenvalue weighted by atomic mass is 16.3. The molecule has 156 valence electrons. The molecular formula is C29H34O. The van der Waals surface area contributed by atoms with Crippen LogP contribution in [0.2, 0.25) is 0 Å². The molecule has 1 nitrogen and oxygen atoms in total. The molecule has 1 N–H and O–H groups in total. The van der Waals surface area contributed by atoms with Gasteiger partial charge in [-0.3, -0.25) is 0 Å². The van der Waals surface area contributed by atoms with Gasteiger partial charge < -0.3 is 5.11 Å². The van der Waals surface area contributed by atoms with Gasteiger partial charge >= 0.3 is 0 Å². The van der Waals surface area contributed by atoms with E-state index in [0.29, 0.717) is 5.76 Å².